The lowest BCUT2D eigenvalue weighted by molar-refractivity contribution is 0.249. The maximum atomic E-state index is 12.7. The number of amides is 2. The number of hydrogen-bond acceptors (Lipinski definition) is 4. The van der Waals surface area contributed by atoms with Crippen LogP contribution in [0.2, 0.25) is 0 Å². The number of nitrogens with one attached hydrogen (secondary N) is 1. The van der Waals surface area contributed by atoms with Crippen molar-refractivity contribution in [3.05, 3.63) is 59.1 Å². The molecule has 1 heterocycles. The van der Waals surface area contributed by atoms with Crippen molar-refractivity contribution in [1.29, 1.82) is 0 Å². The largest absolute Gasteiger partial charge is 0.363 e. The zero-order valence-electron chi connectivity index (χ0n) is 13.0. The van der Waals surface area contributed by atoms with Crippen molar-refractivity contribution in [2.45, 2.75) is 18.7 Å². The first-order chi connectivity index (χ1) is 11.3. The Hall–Kier alpha value is -3.12. The lowest BCUT2D eigenvalue weighted by atomic mass is 10.2. The summed E-state index contributed by atoms with van der Waals surface area (Å²) in [6, 6.07) is 6.85. The van der Waals surface area contributed by atoms with E-state index in [9.17, 15) is 13.2 Å². The second-order valence-electron chi connectivity index (χ2n) is 4.99. The molecule has 0 bridgehead atoms. The number of nitrogens with two attached hydrogens (primary N) is 1. The van der Waals surface area contributed by atoms with Crippen molar-refractivity contribution in [2.24, 2.45) is 10.8 Å². The molecule has 24 heavy (non-hydrogen) atoms. The van der Waals surface area contributed by atoms with E-state index in [1.54, 1.807) is 19.1 Å². The van der Waals surface area contributed by atoms with Gasteiger partial charge in [0.05, 0.1) is 11.9 Å². The molecule has 0 aliphatic carbocycles. The van der Waals surface area contributed by atoms with Crippen LogP contribution in [-0.2, 0) is 10.0 Å². The van der Waals surface area contributed by atoms with Crippen molar-refractivity contribution in [1.82, 2.24) is 9.40 Å². The van der Waals surface area contributed by atoms with E-state index in [-0.39, 0.29) is 10.7 Å². The molecule has 0 spiro atoms. The summed E-state index contributed by atoms with van der Waals surface area (Å²) in [7, 11) is -3.91. The molecule has 2 amide bonds. The van der Waals surface area contributed by atoms with Crippen LogP contribution in [0.1, 0.15) is 18.1 Å². The third-order valence-electron chi connectivity index (χ3n) is 3.21. The summed E-state index contributed by atoms with van der Waals surface area (Å²) in [4.78, 5) is 14.0. The second-order valence-corrected chi connectivity index (χ2v) is 6.80. The van der Waals surface area contributed by atoms with Crippen molar-refractivity contribution in [2.75, 3.05) is 0 Å². The van der Waals surface area contributed by atoms with Gasteiger partial charge in [0, 0.05) is 5.56 Å². The standard InChI is InChI=1S/C15H15N5O3S/c1-10-4-6-13(7-5-10)24(22,23)20-9-12(8-14(20)17-3)11(2)18-19-15(16)21/h4-9H,1-2H3,(H3,16,19,21)/b18-11+. The van der Waals surface area contributed by atoms with Crippen LogP contribution in [0, 0.1) is 13.5 Å². The number of hydrazone groups is 1. The van der Waals surface area contributed by atoms with Crippen molar-refractivity contribution in [3.8, 4) is 0 Å². The van der Waals surface area contributed by atoms with Crippen LogP contribution in [0.4, 0.5) is 10.6 Å². The highest BCUT2D eigenvalue weighted by molar-refractivity contribution is 7.90. The van der Waals surface area contributed by atoms with Gasteiger partial charge in [-0.3, -0.25) is 0 Å². The summed E-state index contributed by atoms with van der Waals surface area (Å²) in [5.74, 6) is -0.0841. The van der Waals surface area contributed by atoms with E-state index < -0.39 is 16.1 Å². The summed E-state index contributed by atoms with van der Waals surface area (Å²) in [6.45, 7) is 10.6. The predicted molar refractivity (Wildman–Crippen MR) is 89.4 cm³/mol. The Morgan fingerprint density at radius 1 is 1.33 bits per heavy atom. The average molecular weight is 345 g/mol. The minimum absolute atomic E-state index is 0.0741. The highest BCUT2D eigenvalue weighted by Crippen LogP contribution is 2.25. The topological polar surface area (TPSA) is 111 Å². The summed E-state index contributed by atoms with van der Waals surface area (Å²) in [5.41, 5.74) is 8.61. The number of urea groups is 1. The van der Waals surface area contributed by atoms with Crippen LogP contribution >= 0.6 is 0 Å². The van der Waals surface area contributed by atoms with Crippen LogP contribution in [-0.4, -0.2) is 24.1 Å². The molecule has 9 heteroatoms. The Labute approximate surface area is 139 Å². The molecule has 8 nitrogen and oxygen atoms in total. The van der Waals surface area contributed by atoms with Crippen molar-refractivity contribution < 1.29 is 13.2 Å². The first-order valence-electron chi connectivity index (χ1n) is 6.78. The van der Waals surface area contributed by atoms with E-state index in [0.29, 0.717) is 11.3 Å². The second kappa shape index (κ2) is 6.55. The molecule has 0 aliphatic rings. The third-order valence-corrected chi connectivity index (χ3v) is 4.89. The SMILES string of the molecule is [C-]#[N+]c1cc(/C(C)=N/NC(N)=O)cn1S(=O)(=O)c1ccc(C)cc1. The number of nitrogens with zero attached hydrogens (tertiary/aromatic N) is 3. The van der Waals surface area contributed by atoms with Gasteiger partial charge in [-0.25, -0.2) is 10.2 Å². The number of benzene rings is 1. The summed E-state index contributed by atoms with van der Waals surface area (Å²) < 4.78 is 26.3. The molecule has 2 rings (SSSR count). The molecule has 0 atom stereocenters. The van der Waals surface area contributed by atoms with Gasteiger partial charge < -0.3 is 10.6 Å². The summed E-state index contributed by atoms with van der Waals surface area (Å²) in [5, 5.41) is 3.73. The highest BCUT2D eigenvalue weighted by atomic mass is 32.2. The maximum absolute atomic E-state index is 12.7. The van der Waals surface area contributed by atoms with Gasteiger partial charge in [0.15, 0.2) is 0 Å². The molecule has 0 aliphatic heterocycles. The van der Waals surface area contributed by atoms with E-state index in [0.717, 1.165) is 9.54 Å². The molecule has 0 saturated carbocycles. The first-order valence-corrected chi connectivity index (χ1v) is 8.22. The number of carbonyl (C=O) groups excluding carboxylic acids is 1. The molecular formula is C15H15N5O3S. The number of primary amides is 1. The third kappa shape index (κ3) is 3.44. The average Bonchev–Trinajstić information content (AvgIpc) is 2.98. The van der Waals surface area contributed by atoms with Gasteiger partial charge in [0.25, 0.3) is 0 Å². The fourth-order valence-electron chi connectivity index (χ4n) is 1.93. The van der Waals surface area contributed by atoms with Crippen LogP contribution in [0.15, 0.2) is 46.5 Å². The molecule has 0 unspecified atom stereocenters. The molecule has 0 saturated heterocycles. The van der Waals surface area contributed by atoms with Crippen molar-refractivity contribution >= 4 is 27.6 Å². The number of carbonyl (C=O) groups is 1. The molecule has 124 valence electrons. The monoisotopic (exact) mass is 345 g/mol. The van der Waals surface area contributed by atoms with Gasteiger partial charge in [-0.1, -0.05) is 24.3 Å². The van der Waals surface area contributed by atoms with Gasteiger partial charge >= 0.3 is 16.1 Å². The van der Waals surface area contributed by atoms with E-state index in [4.69, 9.17) is 12.3 Å². The molecular weight excluding hydrogens is 330 g/mol. The van der Waals surface area contributed by atoms with E-state index in [1.807, 2.05) is 6.92 Å². The predicted octanol–water partition coefficient (Wildman–Crippen LogP) is 1.98. The Morgan fingerprint density at radius 2 is 1.96 bits per heavy atom. The van der Waals surface area contributed by atoms with Gasteiger partial charge in [0.1, 0.15) is 4.90 Å². The number of rotatable bonds is 4. The summed E-state index contributed by atoms with van der Waals surface area (Å²) >= 11 is 0. The van der Waals surface area contributed by atoms with Crippen LogP contribution < -0.4 is 11.2 Å². The van der Waals surface area contributed by atoms with Crippen LogP contribution in [0.25, 0.3) is 4.85 Å². The zero-order chi connectivity index (χ0) is 17.9. The Kier molecular flexibility index (Phi) is 4.71. The van der Waals surface area contributed by atoms with E-state index in [2.05, 4.69) is 15.4 Å². The minimum Gasteiger partial charge on any atom is -0.363 e. The number of aryl methyl sites for hydroxylation is 1. The van der Waals surface area contributed by atoms with Gasteiger partial charge in [-0.15, -0.1) is 0 Å². The zero-order valence-corrected chi connectivity index (χ0v) is 13.8. The molecule has 0 radical (unpaired) electrons. The van der Waals surface area contributed by atoms with Crippen LogP contribution in [0.5, 0.6) is 0 Å². The number of aromatic nitrogens is 1. The lowest BCUT2D eigenvalue weighted by Gasteiger charge is -2.04. The summed E-state index contributed by atoms with van der Waals surface area (Å²) in [6.07, 6.45) is 1.28. The van der Waals surface area contributed by atoms with E-state index in [1.165, 1.54) is 24.4 Å². The normalized spacial score (nSPS) is 11.8. The Morgan fingerprint density at radius 3 is 2.50 bits per heavy atom. The molecule has 3 N–H and O–H groups in total. The fraction of sp³-hybridized carbons (Fsp3) is 0.133. The Balaban J connectivity index is 2.51. The molecule has 0 fully saturated rings. The molecule has 1 aromatic heterocycles. The van der Waals surface area contributed by atoms with Gasteiger partial charge in [-0.05, 0) is 32.0 Å². The smallest absolute Gasteiger partial charge is 0.332 e. The molecule has 1 aromatic carbocycles. The first kappa shape index (κ1) is 17.2. The minimum atomic E-state index is -3.91. The highest BCUT2D eigenvalue weighted by Gasteiger charge is 2.24. The van der Waals surface area contributed by atoms with Gasteiger partial charge in [0.2, 0.25) is 5.82 Å². The van der Waals surface area contributed by atoms with Crippen molar-refractivity contribution in [3.63, 3.8) is 0 Å². The fourth-order valence-corrected chi connectivity index (χ4v) is 3.23. The number of hydrogen-bond donors (Lipinski definition) is 2. The Bertz CT molecular complexity index is 950. The maximum Gasteiger partial charge on any atom is 0.332 e. The van der Waals surface area contributed by atoms with Gasteiger partial charge in [-0.2, -0.15) is 17.5 Å². The quantitative estimate of drug-likeness (QED) is 0.502. The molecule has 2 aromatic rings. The van der Waals surface area contributed by atoms with E-state index >= 15 is 0 Å². The lowest BCUT2D eigenvalue weighted by Crippen LogP contribution is -2.25. The van der Waals surface area contributed by atoms with Crippen LogP contribution in [0.3, 0.4) is 0 Å².